The third kappa shape index (κ3) is 5.51. The van der Waals surface area contributed by atoms with Crippen molar-refractivity contribution >= 4 is 23.6 Å². The van der Waals surface area contributed by atoms with Gasteiger partial charge in [-0.3, -0.25) is 9.78 Å². The van der Waals surface area contributed by atoms with E-state index in [0.29, 0.717) is 12.4 Å². The van der Waals surface area contributed by atoms with Crippen LogP contribution in [0, 0.1) is 13.8 Å². The van der Waals surface area contributed by atoms with Gasteiger partial charge in [0.05, 0.1) is 5.69 Å². The predicted octanol–water partition coefficient (Wildman–Crippen LogP) is 4.05. The number of pyridine rings is 2. The van der Waals surface area contributed by atoms with E-state index in [1.807, 2.05) is 61.2 Å². The average molecular weight is 415 g/mol. The Kier molecular flexibility index (Phi) is 6.31. The van der Waals surface area contributed by atoms with Crippen LogP contribution in [0.4, 0.5) is 11.6 Å². The minimum atomic E-state index is 0.0154. The summed E-state index contributed by atoms with van der Waals surface area (Å²) in [4.78, 5) is 32.4. The Hall–Kier alpha value is -3.61. The van der Waals surface area contributed by atoms with E-state index >= 15 is 0 Å². The molecule has 3 aromatic heterocycles. The van der Waals surface area contributed by atoms with Gasteiger partial charge in [-0.05, 0) is 56.5 Å². The van der Waals surface area contributed by atoms with E-state index in [1.165, 1.54) is 0 Å². The molecule has 1 unspecified atom stereocenters. The number of hydrogen-bond acceptors (Lipinski definition) is 6. The summed E-state index contributed by atoms with van der Waals surface area (Å²) < 4.78 is 0. The van der Waals surface area contributed by atoms with Crippen molar-refractivity contribution in [3.63, 3.8) is 0 Å². The fraction of sp³-hybridized carbons (Fsp3) is 0.292. The lowest BCUT2D eigenvalue weighted by atomic mass is 9.94. The van der Waals surface area contributed by atoms with Crippen molar-refractivity contribution in [1.82, 2.24) is 24.8 Å². The number of nitrogens with zero attached hydrogens (tertiary/aromatic N) is 5. The molecule has 0 radical (unpaired) electrons. The molecule has 1 aliphatic heterocycles. The maximum Gasteiger partial charge on any atom is 0.246 e. The summed E-state index contributed by atoms with van der Waals surface area (Å²) in [6, 6.07) is 11.6. The largest absolute Gasteiger partial charge is 0.338 e. The van der Waals surface area contributed by atoms with Gasteiger partial charge < -0.3 is 10.2 Å². The molecule has 1 amide bonds. The van der Waals surface area contributed by atoms with Crippen molar-refractivity contribution in [2.75, 3.05) is 18.4 Å². The zero-order chi connectivity index (χ0) is 21.6. The van der Waals surface area contributed by atoms with Gasteiger partial charge in [0.1, 0.15) is 17.5 Å². The van der Waals surface area contributed by atoms with E-state index in [4.69, 9.17) is 0 Å². The number of likely N-dealkylation sites (tertiary alicyclic amines) is 1. The van der Waals surface area contributed by atoms with Crippen LogP contribution in [0.3, 0.4) is 0 Å². The van der Waals surface area contributed by atoms with Gasteiger partial charge in [-0.1, -0.05) is 12.1 Å². The molecule has 4 heterocycles. The van der Waals surface area contributed by atoms with Gasteiger partial charge >= 0.3 is 0 Å². The predicted molar refractivity (Wildman–Crippen MR) is 121 cm³/mol. The van der Waals surface area contributed by atoms with Gasteiger partial charge in [0.15, 0.2) is 0 Å². The summed E-state index contributed by atoms with van der Waals surface area (Å²) >= 11 is 0. The molecule has 4 rings (SSSR count). The average Bonchev–Trinajstić information content (AvgIpc) is 2.78. The summed E-state index contributed by atoms with van der Waals surface area (Å²) in [5, 5.41) is 3.28. The Morgan fingerprint density at radius 1 is 1.13 bits per heavy atom. The first-order valence-corrected chi connectivity index (χ1v) is 10.5. The fourth-order valence-electron chi connectivity index (χ4n) is 3.77. The summed E-state index contributed by atoms with van der Waals surface area (Å²) in [6.45, 7) is 5.25. The van der Waals surface area contributed by atoms with Crippen molar-refractivity contribution < 1.29 is 4.79 Å². The molecule has 1 atom stereocenters. The van der Waals surface area contributed by atoms with Gasteiger partial charge in [0.25, 0.3) is 0 Å². The normalized spacial score (nSPS) is 16.5. The highest BCUT2D eigenvalue weighted by Gasteiger charge is 2.25. The Labute approximate surface area is 182 Å². The van der Waals surface area contributed by atoms with Gasteiger partial charge in [0.2, 0.25) is 5.91 Å². The Bertz CT molecular complexity index is 1080. The molecule has 0 spiro atoms. The first-order valence-electron chi connectivity index (χ1n) is 10.5. The molecular weight excluding hydrogens is 388 g/mol. The Balaban J connectivity index is 1.47. The fourth-order valence-corrected chi connectivity index (χ4v) is 3.77. The van der Waals surface area contributed by atoms with Crippen LogP contribution in [0.1, 0.15) is 41.5 Å². The standard InChI is InChI=1S/C24H26N6O/c1-17-6-3-9-22(26-17)29-23-14-21(27-18(2)28-23)20-8-5-13-30(16-20)24(31)11-10-19-7-4-12-25-15-19/h3-4,6-7,9-12,14-15,20H,5,8,13,16H2,1-2H3,(H,26,27,28,29)/b11-10+. The second-order valence-corrected chi connectivity index (χ2v) is 7.76. The lowest BCUT2D eigenvalue weighted by Gasteiger charge is -2.32. The van der Waals surface area contributed by atoms with E-state index < -0.39 is 0 Å². The third-order valence-corrected chi connectivity index (χ3v) is 5.26. The molecule has 0 bridgehead atoms. The molecule has 1 N–H and O–H groups in total. The van der Waals surface area contributed by atoms with E-state index in [0.717, 1.165) is 48.0 Å². The molecule has 1 saturated heterocycles. The number of amides is 1. The van der Waals surface area contributed by atoms with E-state index in [2.05, 4.69) is 25.3 Å². The first-order chi connectivity index (χ1) is 15.1. The molecular formula is C24H26N6O. The zero-order valence-electron chi connectivity index (χ0n) is 17.8. The summed E-state index contributed by atoms with van der Waals surface area (Å²) in [5.74, 6) is 2.37. The number of piperidine rings is 1. The summed E-state index contributed by atoms with van der Waals surface area (Å²) in [5.41, 5.74) is 2.81. The maximum absolute atomic E-state index is 12.7. The van der Waals surface area contributed by atoms with Gasteiger partial charge in [-0.2, -0.15) is 0 Å². The first kappa shape index (κ1) is 20.7. The number of nitrogens with one attached hydrogen (secondary N) is 1. The number of anilines is 2. The monoisotopic (exact) mass is 414 g/mol. The van der Waals surface area contributed by atoms with Crippen LogP contribution in [0.25, 0.3) is 6.08 Å². The van der Waals surface area contributed by atoms with Crippen LogP contribution >= 0.6 is 0 Å². The van der Waals surface area contributed by atoms with Crippen molar-refractivity contribution in [3.8, 4) is 0 Å². The van der Waals surface area contributed by atoms with Crippen LogP contribution in [0.2, 0.25) is 0 Å². The number of carbonyl (C=O) groups is 1. The molecule has 1 fully saturated rings. The molecule has 7 nitrogen and oxygen atoms in total. The van der Waals surface area contributed by atoms with Gasteiger partial charge in [-0.15, -0.1) is 0 Å². The van der Waals surface area contributed by atoms with Gasteiger partial charge in [-0.25, -0.2) is 15.0 Å². The van der Waals surface area contributed by atoms with Crippen molar-refractivity contribution in [2.24, 2.45) is 0 Å². The number of aryl methyl sites for hydroxylation is 2. The van der Waals surface area contributed by atoms with Crippen LogP contribution in [0.15, 0.2) is 54.9 Å². The molecule has 3 aromatic rings. The molecule has 31 heavy (non-hydrogen) atoms. The summed E-state index contributed by atoms with van der Waals surface area (Å²) in [6.07, 6.45) is 8.84. The van der Waals surface area contributed by atoms with Crippen molar-refractivity contribution in [1.29, 1.82) is 0 Å². The zero-order valence-corrected chi connectivity index (χ0v) is 17.8. The molecule has 1 aliphatic rings. The number of hydrogen-bond donors (Lipinski definition) is 1. The number of carbonyl (C=O) groups excluding carboxylic acids is 1. The topological polar surface area (TPSA) is 83.9 Å². The molecule has 0 aromatic carbocycles. The van der Waals surface area contributed by atoms with Crippen molar-refractivity contribution in [3.05, 3.63) is 77.6 Å². The number of rotatable bonds is 5. The van der Waals surface area contributed by atoms with Crippen LogP contribution in [-0.2, 0) is 4.79 Å². The van der Waals surface area contributed by atoms with Crippen molar-refractivity contribution in [2.45, 2.75) is 32.6 Å². The second-order valence-electron chi connectivity index (χ2n) is 7.76. The molecule has 0 aliphatic carbocycles. The smallest absolute Gasteiger partial charge is 0.246 e. The lowest BCUT2D eigenvalue weighted by molar-refractivity contribution is -0.127. The van der Waals surface area contributed by atoms with Crippen LogP contribution in [-0.4, -0.2) is 43.8 Å². The highest BCUT2D eigenvalue weighted by atomic mass is 16.2. The van der Waals surface area contributed by atoms with E-state index in [1.54, 1.807) is 18.5 Å². The third-order valence-electron chi connectivity index (χ3n) is 5.26. The SMILES string of the molecule is Cc1cccc(Nc2cc(C3CCCN(C(=O)/C=C/c4cccnc4)C3)nc(C)n2)n1. The molecule has 7 heteroatoms. The lowest BCUT2D eigenvalue weighted by Crippen LogP contribution is -2.38. The highest BCUT2D eigenvalue weighted by Crippen LogP contribution is 2.28. The molecule has 158 valence electrons. The number of aromatic nitrogens is 4. The van der Waals surface area contributed by atoms with E-state index in [9.17, 15) is 4.79 Å². The maximum atomic E-state index is 12.7. The Morgan fingerprint density at radius 3 is 2.84 bits per heavy atom. The van der Waals surface area contributed by atoms with Crippen LogP contribution in [0.5, 0.6) is 0 Å². The van der Waals surface area contributed by atoms with E-state index in [-0.39, 0.29) is 11.8 Å². The minimum Gasteiger partial charge on any atom is -0.338 e. The highest BCUT2D eigenvalue weighted by molar-refractivity contribution is 5.91. The quantitative estimate of drug-likeness (QED) is 0.634. The minimum absolute atomic E-state index is 0.0154. The Morgan fingerprint density at radius 2 is 2.03 bits per heavy atom. The van der Waals surface area contributed by atoms with Crippen LogP contribution < -0.4 is 5.32 Å². The summed E-state index contributed by atoms with van der Waals surface area (Å²) in [7, 11) is 0. The van der Waals surface area contributed by atoms with Gasteiger partial charge in [0, 0.05) is 49.2 Å². The molecule has 0 saturated carbocycles. The second kappa shape index (κ2) is 9.47.